The summed E-state index contributed by atoms with van der Waals surface area (Å²) >= 11 is 6.49. The Morgan fingerprint density at radius 1 is 1.16 bits per heavy atom. The molecule has 1 saturated carbocycles. The second kappa shape index (κ2) is 9.35. The van der Waals surface area contributed by atoms with E-state index in [0.29, 0.717) is 16.8 Å². The largest absolute Gasteiger partial charge is 0.490 e. The van der Waals surface area contributed by atoms with Crippen molar-refractivity contribution in [2.75, 3.05) is 7.11 Å². The van der Waals surface area contributed by atoms with Crippen molar-refractivity contribution in [1.82, 2.24) is 9.78 Å². The van der Waals surface area contributed by atoms with Gasteiger partial charge in [0.15, 0.2) is 5.60 Å². The van der Waals surface area contributed by atoms with Crippen molar-refractivity contribution in [2.45, 2.75) is 51.4 Å². The zero-order chi connectivity index (χ0) is 22.7. The van der Waals surface area contributed by atoms with Crippen molar-refractivity contribution >= 4 is 17.6 Å². The van der Waals surface area contributed by atoms with Gasteiger partial charge in [-0.15, -0.1) is 0 Å². The molecular weight excluding hydrogens is 428 g/mol. The molecule has 6 nitrogen and oxygen atoms in total. The number of esters is 1. The van der Waals surface area contributed by atoms with Crippen LogP contribution in [0.3, 0.4) is 0 Å². The summed E-state index contributed by atoms with van der Waals surface area (Å²) < 4.78 is 18.5. The van der Waals surface area contributed by atoms with Crippen molar-refractivity contribution < 1.29 is 19.0 Å². The molecule has 0 radical (unpaired) electrons. The quantitative estimate of drug-likeness (QED) is 0.415. The van der Waals surface area contributed by atoms with Gasteiger partial charge in [-0.25, -0.2) is 9.48 Å². The lowest BCUT2D eigenvalue weighted by Crippen LogP contribution is -2.35. The SMILES string of the molecule is COC(=O)C(C)(C)OCc1cc(-c2cccc(OC3CCC3)c2)n(-c2ccccc2Cl)n1. The summed E-state index contributed by atoms with van der Waals surface area (Å²) in [4.78, 5) is 12.0. The van der Waals surface area contributed by atoms with Gasteiger partial charge in [0.25, 0.3) is 0 Å². The Labute approximate surface area is 193 Å². The highest BCUT2D eigenvalue weighted by atomic mass is 35.5. The molecule has 0 atom stereocenters. The van der Waals surface area contributed by atoms with Crippen LogP contribution in [0.4, 0.5) is 0 Å². The van der Waals surface area contributed by atoms with Gasteiger partial charge in [0.1, 0.15) is 5.75 Å². The van der Waals surface area contributed by atoms with E-state index in [4.69, 9.17) is 30.9 Å². The highest BCUT2D eigenvalue weighted by Crippen LogP contribution is 2.32. The number of nitrogens with zero attached hydrogens (tertiary/aromatic N) is 2. The molecule has 32 heavy (non-hydrogen) atoms. The average Bonchev–Trinajstić information content (AvgIpc) is 3.19. The molecule has 1 aliphatic carbocycles. The fourth-order valence-electron chi connectivity index (χ4n) is 3.48. The van der Waals surface area contributed by atoms with Crippen LogP contribution >= 0.6 is 11.6 Å². The zero-order valence-electron chi connectivity index (χ0n) is 18.5. The third-order valence-electron chi connectivity index (χ3n) is 5.58. The molecule has 1 fully saturated rings. The molecule has 0 amide bonds. The van der Waals surface area contributed by atoms with E-state index in [9.17, 15) is 4.79 Å². The third-order valence-corrected chi connectivity index (χ3v) is 5.90. The maximum absolute atomic E-state index is 12.0. The van der Waals surface area contributed by atoms with Crippen LogP contribution in [0.25, 0.3) is 16.9 Å². The van der Waals surface area contributed by atoms with Crippen molar-refractivity contribution in [3.63, 3.8) is 0 Å². The normalized spacial score (nSPS) is 14.1. The monoisotopic (exact) mass is 454 g/mol. The predicted molar refractivity (Wildman–Crippen MR) is 123 cm³/mol. The first-order valence-corrected chi connectivity index (χ1v) is 11.1. The Morgan fingerprint density at radius 2 is 1.94 bits per heavy atom. The lowest BCUT2D eigenvalue weighted by Gasteiger charge is -2.26. The fourth-order valence-corrected chi connectivity index (χ4v) is 3.70. The number of halogens is 1. The third kappa shape index (κ3) is 4.81. The number of carbonyl (C=O) groups excluding carboxylic acids is 1. The lowest BCUT2D eigenvalue weighted by atomic mass is 9.96. The number of methoxy groups -OCH3 is 1. The van der Waals surface area contributed by atoms with Crippen LogP contribution in [-0.2, 0) is 20.9 Å². The zero-order valence-corrected chi connectivity index (χ0v) is 19.3. The van der Waals surface area contributed by atoms with Gasteiger partial charge < -0.3 is 14.2 Å². The molecule has 1 heterocycles. The van der Waals surface area contributed by atoms with Crippen molar-refractivity contribution in [3.8, 4) is 22.7 Å². The Bertz CT molecular complexity index is 1100. The molecule has 3 aromatic rings. The van der Waals surface area contributed by atoms with E-state index in [1.165, 1.54) is 13.5 Å². The maximum Gasteiger partial charge on any atom is 0.337 e. The van der Waals surface area contributed by atoms with Gasteiger partial charge in [0.2, 0.25) is 0 Å². The number of hydrogen-bond acceptors (Lipinski definition) is 5. The first kappa shape index (κ1) is 22.4. The maximum atomic E-state index is 12.0. The summed E-state index contributed by atoms with van der Waals surface area (Å²) in [7, 11) is 1.34. The van der Waals surface area contributed by atoms with Crippen molar-refractivity contribution in [1.29, 1.82) is 0 Å². The van der Waals surface area contributed by atoms with Gasteiger partial charge in [0, 0.05) is 5.56 Å². The van der Waals surface area contributed by atoms with E-state index in [0.717, 1.165) is 35.5 Å². The topological polar surface area (TPSA) is 62.6 Å². The smallest absolute Gasteiger partial charge is 0.337 e. The van der Waals surface area contributed by atoms with E-state index in [1.54, 1.807) is 18.5 Å². The highest BCUT2D eigenvalue weighted by Gasteiger charge is 2.30. The van der Waals surface area contributed by atoms with Gasteiger partial charge in [-0.05, 0) is 63.4 Å². The van der Waals surface area contributed by atoms with Gasteiger partial charge in [0.05, 0.1) is 41.9 Å². The molecule has 4 rings (SSSR count). The number of aromatic nitrogens is 2. The Kier molecular flexibility index (Phi) is 6.53. The van der Waals surface area contributed by atoms with E-state index in [-0.39, 0.29) is 6.61 Å². The standard InChI is InChI=1S/C25H27ClN2O4/c1-25(2,24(29)30-3)31-16-18-15-23(28(27-18)22-13-5-4-12-21(22)26)17-8-6-11-20(14-17)32-19-9-7-10-19/h4-6,8,11-15,19H,7,9-10,16H2,1-3H3. The Balaban J connectivity index is 1.68. The second-order valence-electron chi connectivity index (χ2n) is 8.37. The molecule has 0 unspecified atom stereocenters. The Morgan fingerprint density at radius 3 is 2.62 bits per heavy atom. The summed E-state index contributed by atoms with van der Waals surface area (Å²) in [6, 6.07) is 17.5. The van der Waals surface area contributed by atoms with Crippen LogP contribution in [0.1, 0.15) is 38.8 Å². The minimum Gasteiger partial charge on any atom is -0.490 e. The molecule has 0 spiro atoms. The van der Waals surface area contributed by atoms with Crippen LogP contribution < -0.4 is 4.74 Å². The number of ether oxygens (including phenoxy) is 3. The number of para-hydroxylation sites is 1. The predicted octanol–water partition coefficient (Wildman–Crippen LogP) is 5.59. The van der Waals surface area contributed by atoms with E-state index < -0.39 is 11.6 Å². The number of hydrogen-bond donors (Lipinski definition) is 0. The summed E-state index contributed by atoms with van der Waals surface area (Å²) in [5.74, 6) is 0.396. The molecule has 0 aliphatic heterocycles. The molecule has 0 bridgehead atoms. The van der Waals surface area contributed by atoms with Gasteiger partial charge in [-0.2, -0.15) is 5.10 Å². The summed E-state index contributed by atoms with van der Waals surface area (Å²) in [6.07, 6.45) is 3.70. The lowest BCUT2D eigenvalue weighted by molar-refractivity contribution is -0.166. The first-order chi connectivity index (χ1) is 15.4. The van der Waals surface area contributed by atoms with Crippen LogP contribution in [-0.4, -0.2) is 34.6 Å². The van der Waals surface area contributed by atoms with E-state index in [2.05, 4.69) is 0 Å². The summed E-state index contributed by atoms with van der Waals surface area (Å²) in [5.41, 5.74) is 2.15. The number of carbonyl (C=O) groups is 1. The van der Waals surface area contributed by atoms with Crippen molar-refractivity contribution in [2.24, 2.45) is 0 Å². The molecule has 1 aromatic heterocycles. The number of benzene rings is 2. The van der Waals surface area contributed by atoms with Gasteiger partial charge >= 0.3 is 5.97 Å². The number of rotatable bonds is 8. The van der Waals surface area contributed by atoms with Crippen LogP contribution in [0, 0.1) is 0 Å². The van der Waals surface area contributed by atoms with Crippen LogP contribution in [0.5, 0.6) is 5.75 Å². The van der Waals surface area contributed by atoms with Gasteiger partial charge in [-0.3, -0.25) is 0 Å². The molecule has 2 aromatic carbocycles. The molecule has 1 aliphatic rings. The fraction of sp³-hybridized carbons (Fsp3) is 0.360. The molecule has 7 heteroatoms. The summed E-state index contributed by atoms with van der Waals surface area (Å²) in [6.45, 7) is 3.49. The van der Waals surface area contributed by atoms with E-state index in [1.807, 2.05) is 54.6 Å². The first-order valence-electron chi connectivity index (χ1n) is 10.7. The second-order valence-corrected chi connectivity index (χ2v) is 8.78. The highest BCUT2D eigenvalue weighted by molar-refractivity contribution is 6.32. The van der Waals surface area contributed by atoms with Crippen LogP contribution in [0.2, 0.25) is 5.02 Å². The summed E-state index contributed by atoms with van der Waals surface area (Å²) in [5, 5.41) is 5.32. The molecule has 0 saturated heterocycles. The van der Waals surface area contributed by atoms with Crippen LogP contribution in [0.15, 0.2) is 54.6 Å². The van der Waals surface area contributed by atoms with Gasteiger partial charge in [-0.1, -0.05) is 35.9 Å². The molecule has 0 N–H and O–H groups in total. The minimum absolute atomic E-state index is 0.144. The average molecular weight is 455 g/mol. The van der Waals surface area contributed by atoms with Crippen molar-refractivity contribution in [3.05, 3.63) is 65.3 Å². The minimum atomic E-state index is -1.08. The van der Waals surface area contributed by atoms with E-state index >= 15 is 0 Å². The Hall–Kier alpha value is -2.83. The molecular formula is C25H27ClN2O4. The molecule has 168 valence electrons.